The van der Waals surface area contributed by atoms with Gasteiger partial charge < -0.3 is 15.5 Å². The Morgan fingerprint density at radius 2 is 2.04 bits per heavy atom. The molecular weight excluding hydrogens is 306 g/mol. The van der Waals surface area contributed by atoms with E-state index in [1.807, 2.05) is 18.3 Å². The summed E-state index contributed by atoms with van der Waals surface area (Å²) in [4.78, 5) is 18.8. The zero-order chi connectivity index (χ0) is 16.9. The molecule has 6 heteroatoms. The Morgan fingerprint density at radius 3 is 2.75 bits per heavy atom. The van der Waals surface area contributed by atoms with Crippen molar-refractivity contribution in [2.24, 2.45) is 0 Å². The van der Waals surface area contributed by atoms with Crippen LogP contribution in [0.25, 0.3) is 0 Å². The fourth-order valence-corrected chi connectivity index (χ4v) is 3.09. The van der Waals surface area contributed by atoms with Crippen LogP contribution in [-0.4, -0.2) is 45.1 Å². The third-order valence-electron chi connectivity index (χ3n) is 4.22. The Hall–Kier alpha value is -2.60. The number of phenols is 2. The van der Waals surface area contributed by atoms with Gasteiger partial charge in [0, 0.05) is 31.5 Å². The van der Waals surface area contributed by atoms with Crippen molar-refractivity contribution >= 4 is 5.91 Å². The van der Waals surface area contributed by atoms with Crippen LogP contribution in [0.3, 0.4) is 0 Å². The molecule has 0 radical (unpaired) electrons. The van der Waals surface area contributed by atoms with Gasteiger partial charge in [-0.25, -0.2) is 0 Å². The highest BCUT2D eigenvalue weighted by Crippen LogP contribution is 2.26. The molecule has 2 heterocycles. The van der Waals surface area contributed by atoms with E-state index in [0.717, 1.165) is 38.0 Å². The van der Waals surface area contributed by atoms with Crippen molar-refractivity contribution in [3.05, 3.63) is 53.9 Å². The minimum Gasteiger partial charge on any atom is -0.507 e. The number of carbonyl (C=O) groups is 1. The molecule has 1 amide bonds. The van der Waals surface area contributed by atoms with Crippen LogP contribution in [0.4, 0.5) is 0 Å². The Kier molecular flexibility index (Phi) is 4.96. The van der Waals surface area contributed by atoms with Gasteiger partial charge in [0.2, 0.25) is 0 Å². The van der Waals surface area contributed by atoms with Crippen LogP contribution in [0.2, 0.25) is 0 Å². The van der Waals surface area contributed by atoms with Gasteiger partial charge in [-0.2, -0.15) is 0 Å². The lowest BCUT2D eigenvalue weighted by atomic mass is 10.0. The molecule has 3 rings (SSSR count). The topological polar surface area (TPSA) is 85.7 Å². The number of rotatable bonds is 4. The number of benzene rings is 1. The van der Waals surface area contributed by atoms with Crippen LogP contribution in [0, 0.1) is 0 Å². The van der Waals surface area contributed by atoms with Crippen LogP contribution in [0.15, 0.2) is 42.7 Å². The van der Waals surface area contributed by atoms with Crippen LogP contribution < -0.4 is 5.32 Å². The number of aromatic hydroxyl groups is 2. The Balaban J connectivity index is 1.62. The molecule has 2 aromatic rings. The van der Waals surface area contributed by atoms with Crippen molar-refractivity contribution < 1.29 is 15.0 Å². The molecule has 1 fully saturated rings. The minimum atomic E-state index is -0.446. The summed E-state index contributed by atoms with van der Waals surface area (Å²) in [6.45, 7) is 2.50. The highest BCUT2D eigenvalue weighted by Gasteiger charge is 2.24. The summed E-state index contributed by atoms with van der Waals surface area (Å²) in [5, 5.41) is 22.5. The lowest BCUT2D eigenvalue weighted by molar-refractivity contribution is 0.0895. The highest BCUT2D eigenvalue weighted by molar-refractivity contribution is 5.99. The standard InChI is InChI=1S/C18H21N3O3/c22-15-6-1-7-16(23)17(15)18(24)20-14-5-3-9-21(12-14)11-13-4-2-8-19-10-13/h1-2,4,6-8,10,14,22-23H,3,5,9,11-12H2,(H,20,24)/t14-/m0/s1. The Labute approximate surface area is 140 Å². The van der Waals surface area contributed by atoms with Crippen LogP contribution in [-0.2, 0) is 6.54 Å². The van der Waals surface area contributed by atoms with Crippen molar-refractivity contribution in [1.82, 2.24) is 15.2 Å². The third kappa shape index (κ3) is 3.83. The first-order valence-electron chi connectivity index (χ1n) is 8.06. The van der Waals surface area contributed by atoms with Gasteiger partial charge in [-0.05, 0) is 43.1 Å². The van der Waals surface area contributed by atoms with Gasteiger partial charge in [-0.3, -0.25) is 14.7 Å². The van der Waals surface area contributed by atoms with E-state index in [1.54, 1.807) is 6.20 Å². The number of amides is 1. The monoisotopic (exact) mass is 327 g/mol. The lowest BCUT2D eigenvalue weighted by Crippen LogP contribution is -2.47. The van der Waals surface area contributed by atoms with Crippen LogP contribution >= 0.6 is 0 Å². The van der Waals surface area contributed by atoms with Crippen molar-refractivity contribution in [2.75, 3.05) is 13.1 Å². The fraction of sp³-hybridized carbons (Fsp3) is 0.333. The average molecular weight is 327 g/mol. The zero-order valence-electron chi connectivity index (χ0n) is 13.4. The molecule has 1 atom stereocenters. The molecule has 6 nitrogen and oxygen atoms in total. The molecule has 3 N–H and O–H groups in total. The van der Waals surface area contributed by atoms with Crippen molar-refractivity contribution in [3.8, 4) is 11.5 Å². The number of nitrogens with zero attached hydrogens (tertiary/aromatic N) is 2. The molecule has 1 aromatic heterocycles. The first-order chi connectivity index (χ1) is 11.6. The van der Waals surface area contributed by atoms with Gasteiger partial charge in [-0.15, -0.1) is 0 Å². The molecule has 0 bridgehead atoms. The molecule has 0 unspecified atom stereocenters. The SMILES string of the molecule is O=C(N[C@H]1CCCN(Cc2cccnc2)C1)c1c(O)cccc1O. The largest absolute Gasteiger partial charge is 0.507 e. The number of hydrogen-bond acceptors (Lipinski definition) is 5. The zero-order valence-corrected chi connectivity index (χ0v) is 13.4. The van der Waals surface area contributed by atoms with Gasteiger partial charge in [-0.1, -0.05) is 12.1 Å². The predicted molar refractivity (Wildman–Crippen MR) is 89.8 cm³/mol. The maximum absolute atomic E-state index is 12.4. The normalized spacial score (nSPS) is 18.2. The molecular formula is C18H21N3O3. The van der Waals surface area contributed by atoms with E-state index in [0.29, 0.717) is 0 Å². The summed E-state index contributed by atoms with van der Waals surface area (Å²) >= 11 is 0. The predicted octanol–water partition coefficient (Wildman–Crippen LogP) is 1.89. The second-order valence-electron chi connectivity index (χ2n) is 6.08. The maximum Gasteiger partial charge on any atom is 0.259 e. The first-order valence-corrected chi connectivity index (χ1v) is 8.06. The number of nitrogens with one attached hydrogen (secondary N) is 1. The van der Waals surface area contributed by atoms with Crippen LogP contribution in [0.5, 0.6) is 11.5 Å². The van der Waals surface area contributed by atoms with Crippen molar-refractivity contribution in [3.63, 3.8) is 0 Å². The first kappa shape index (κ1) is 16.3. The fourth-order valence-electron chi connectivity index (χ4n) is 3.09. The molecule has 0 saturated carbocycles. The third-order valence-corrected chi connectivity index (χ3v) is 4.22. The number of piperidine rings is 1. The maximum atomic E-state index is 12.4. The molecule has 126 valence electrons. The Morgan fingerprint density at radius 1 is 1.25 bits per heavy atom. The number of phenolic OH excluding ortho intramolecular Hbond substituents is 2. The number of aromatic nitrogens is 1. The molecule has 0 aliphatic carbocycles. The molecule has 1 aliphatic heterocycles. The summed E-state index contributed by atoms with van der Waals surface area (Å²) in [6.07, 6.45) is 5.46. The lowest BCUT2D eigenvalue weighted by Gasteiger charge is -2.33. The van der Waals surface area contributed by atoms with E-state index in [-0.39, 0.29) is 23.1 Å². The molecule has 1 aromatic carbocycles. The van der Waals surface area contributed by atoms with E-state index in [1.165, 1.54) is 18.2 Å². The summed E-state index contributed by atoms with van der Waals surface area (Å²) in [7, 11) is 0. The smallest absolute Gasteiger partial charge is 0.259 e. The molecule has 0 spiro atoms. The van der Waals surface area contributed by atoms with E-state index >= 15 is 0 Å². The van der Waals surface area contributed by atoms with E-state index < -0.39 is 5.91 Å². The number of likely N-dealkylation sites (tertiary alicyclic amines) is 1. The summed E-state index contributed by atoms with van der Waals surface area (Å²) < 4.78 is 0. The van der Waals surface area contributed by atoms with Crippen molar-refractivity contribution in [1.29, 1.82) is 0 Å². The van der Waals surface area contributed by atoms with Gasteiger partial charge in [0.05, 0.1) is 0 Å². The number of carbonyl (C=O) groups excluding carboxylic acids is 1. The van der Waals surface area contributed by atoms with Crippen molar-refractivity contribution in [2.45, 2.75) is 25.4 Å². The average Bonchev–Trinajstić information content (AvgIpc) is 2.56. The van der Waals surface area contributed by atoms with E-state index in [2.05, 4.69) is 15.2 Å². The molecule has 24 heavy (non-hydrogen) atoms. The van der Waals surface area contributed by atoms with Crippen LogP contribution in [0.1, 0.15) is 28.8 Å². The van der Waals surface area contributed by atoms with Gasteiger partial charge >= 0.3 is 0 Å². The van der Waals surface area contributed by atoms with Gasteiger partial charge in [0.15, 0.2) is 0 Å². The second-order valence-corrected chi connectivity index (χ2v) is 6.08. The summed E-state index contributed by atoms with van der Waals surface area (Å²) in [6, 6.07) is 8.22. The number of hydrogen-bond donors (Lipinski definition) is 3. The van der Waals surface area contributed by atoms with Gasteiger partial charge in [0.1, 0.15) is 17.1 Å². The quantitative estimate of drug-likeness (QED) is 0.798. The Bertz CT molecular complexity index is 686. The summed E-state index contributed by atoms with van der Waals surface area (Å²) in [5.74, 6) is -0.870. The molecule has 1 saturated heterocycles. The van der Waals surface area contributed by atoms with E-state index in [4.69, 9.17) is 0 Å². The second kappa shape index (κ2) is 7.31. The van der Waals surface area contributed by atoms with E-state index in [9.17, 15) is 15.0 Å². The number of pyridine rings is 1. The summed E-state index contributed by atoms with van der Waals surface area (Å²) in [5.41, 5.74) is 1.07. The molecule has 1 aliphatic rings. The minimum absolute atomic E-state index is 0.0121. The van der Waals surface area contributed by atoms with Gasteiger partial charge in [0.25, 0.3) is 5.91 Å². The highest BCUT2D eigenvalue weighted by atomic mass is 16.3.